The van der Waals surface area contributed by atoms with Crippen molar-refractivity contribution in [2.24, 2.45) is 0 Å². The normalized spacial score (nSPS) is 10.8. The van der Waals surface area contributed by atoms with Gasteiger partial charge in [-0.25, -0.2) is 0 Å². The summed E-state index contributed by atoms with van der Waals surface area (Å²) >= 11 is 0. The summed E-state index contributed by atoms with van der Waals surface area (Å²) in [4.78, 5) is 12.7. The number of hydrogen-bond acceptors (Lipinski definition) is 3. The van der Waals surface area contributed by atoms with Gasteiger partial charge in [0.2, 0.25) is 0 Å². The molecule has 0 atom stereocenters. The van der Waals surface area contributed by atoms with Crippen molar-refractivity contribution in [3.8, 4) is 11.8 Å². The van der Waals surface area contributed by atoms with Gasteiger partial charge in [0.25, 0.3) is 5.56 Å². The number of rotatable bonds is 4. The molecule has 0 aliphatic carbocycles. The van der Waals surface area contributed by atoms with Crippen LogP contribution in [-0.2, 0) is 6.54 Å². The lowest BCUT2D eigenvalue weighted by Crippen LogP contribution is -2.20. The van der Waals surface area contributed by atoms with Gasteiger partial charge < -0.3 is 9.30 Å². The summed E-state index contributed by atoms with van der Waals surface area (Å²) in [6.07, 6.45) is 1.85. The molecule has 0 unspecified atom stereocenters. The van der Waals surface area contributed by atoms with Crippen LogP contribution in [0.15, 0.2) is 59.5 Å². The van der Waals surface area contributed by atoms with Crippen molar-refractivity contribution in [3.63, 3.8) is 0 Å². The lowest BCUT2D eigenvalue weighted by atomic mass is 10.1. The second-order valence-electron chi connectivity index (χ2n) is 5.93. The monoisotopic (exact) mass is 318 g/mol. The van der Waals surface area contributed by atoms with Gasteiger partial charge >= 0.3 is 0 Å². The van der Waals surface area contributed by atoms with Crippen molar-refractivity contribution in [2.75, 3.05) is 0 Å². The molecule has 3 rings (SSSR count). The maximum Gasteiger partial charge on any atom is 0.258 e. The first-order chi connectivity index (χ1) is 11.6. The van der Waals surface area contributed by atoms with E-state index in [4.69, 9.17) is 4.74 Å². The van der Waals surface area contributed by atoms with Gasteiger partial charge in [0.05, 0.1) is 24.3 Å². The lowest BCUT2D eigenvalue weighted by Gasteiger charge is -2.12. The first kappa shape index (κ1) is 15.8. The molecule has 4 nitrogen and oxygen atoms in total. The summed E-state index contributed by atoms with van der Waals surface area (Å²) in [6.45, 7) is 4.31. The van der Waals surface area contributed by atoms with Gasteiger partial charge in [-0.1, -0.05) is 18.2 Å². The van der Waals surface area contributed by atoms with E-state index in [0.29, 0.717) is 17.5 Å². The fraction of sp³-hybridized carbons (Fsp3) is 0.200. The molecule has 0 bridgehead atoms. The van der Waals surface area contributed by atoms with E-state index in [9.17, 15) is 10.1 Å². The van der Waals surface area contributed by atoms with Crippen molar-refractivity contribution < 1.29 is 4.74 Å². The first-order valence-corrected chi connectivity index (χ1v) is 7.86. The van der Waals surface area contributed by atoms with Crippen LogP contribution in [0.1, 0.15) is 25.0 Å². The Morgan fingerprint density at radius 3 is 2.71 bits per heavy atom. The Morgan fingerprint density at radius 2 is 1.96 bits per heavy atom. The minimum atomic E-state index is -0.0728. The Morgan fingerprint density at radius 1 is 1.17 bits per heavy atom. The van der Waals surface area contributed by atoms with Gasteiger partial charge in [0.1, 0.15) is 5.75 Å². The van der Waals surface area contributed by atoms with Crippen molar-refractivity contribution in [2.45, 2.75) is 26.5 Å². The number of benzene rings is 2. The van der Waals surface area contributed by atoms with Gasteiger partial charge in [0.15, 0.2) is 0 Å². The molecule has 24 heavy (non-hydrogen) atoms. The summed E-state index contributed by atoms with van der Waals surface area (Å²) in [5.74, 6) is 0.754. The standard InChI is InChI=1S/C20H18N2O2/c1-14(2)24-18-7-8-19-15(11-18)9-10-22(20(19)23)13-17-6-4-3-5-16(17)12-21/h3-11,14H,13H2,1-2H3. The van der Waals surface area contributed by atoms with Crippen LogP contribution < -0.4 is 10.3 Å². The van der Waals surface area contributed by atoms with Crippen molar-refractivity contribution in [1.29, 1.82) is 5.26 Å². The fourth-order valence-electron chi connectivity index (χ4n) is 2.69. The van der Waals surface area contributed by atoms with E-state index in [1.165, 1.54) is 0 Å². The minimum absolute atomic E-state index is 0.0728. The molecular weight excluding hydrogens is 300 g/mol. The van der Waals surface area contributed by atoms with Crippen LogP contribution in [0.2, 0.25) is 0 Å². The Kier molecular flexibility index (Phi) is 4.35. The molecule has 0 saturated carbocycles. The fourth-order valence-corrected chi connectivity index (χ4v) is 2.69. The number of fused-ring (bicyclic) bond motifs is 1. The average molecular weight is 318 g/mol. The van der Waals surface area contributed by atoms with Crippen molar-refractivity contribution >= 4 is 10.8 Å². The summed E-state index contributed by atoms with van der Waals surface area (Å²) in [5.41, 5.74) is 1.35. The highest BCUT2D eigenvalue weighted by Crippen LogP contribution is 2.20. The summed E-state index contributed by atoms with van der Waals surface area (Å²) in [6, 6.07) is 16.9. The highest BCUT2D eigenvalue weighted by molar-refractivity contribution is 5.82. The largest absolute Gasteiger partial charge is 0.491 e. The Balaban J connectivity index is 2.00. The molecule has 0 fully saturated rings. The Labute approximate surface area is 140 Å². The molecule has 2 aromatic carbocycles. The second-order valence-corrected chi connectivity index (χ2v) is 5.93. The zero-order valence-electron chi connectivity index (χ0n) is 13.7. The van der Waals surface area contributed by atoms with Crippen LogP contribution >= 0.6 is 0 Å². The van der Waals surface area contributed by atoms with Gasteiger partial charge in [-0.3, -0.25) is 4.79 Å². The van der Waals surface area contributed by atoms with E-state index in [1.807, 2.05) is 50.2 Å². The van der Waals surface area contributed by atoms with Crippen LogP contribution in [0.25, 0.3) is 10.8 Å². The van der Waals surface area contributed by atoms with Crippen LogP contribution in [0.3, 0.4) is 0 Å². The third-order valence-electron chi connectivity index (χ3n) is 3.80. The van der Waals surface area contributed by atoms with E-state index in [2.05, 4.69) is 6.07 Å². The quantitative estimate of drug-likeness (QED) is 0.737. The van der Waals surface area contributed by atoms with Crippen LogP contribution in [-0.4, -0.2) is 10.7 Å². The highest BCUT2D eigenvalue weighted by atomic mass is 16.5. The molecule has 4 heteroatoms. The molecule has 0 aliphatic heterocycles. The number of aromatic nitrogens is 1. The summed E-state index contributed by atoms with van der Waals surface area (Å²) < 4.78 is 7.30. The zero-order valence-corrected chi connectivity index (χ0v) is 13.7. The molecule has 0 amide bonds. The summed E-state index contributed by atoms with van der Waals surface area (Å²) in [7, 11) is 0. The topological polar surface area (TPSA) is 55.0 Å². The smallest absolute Gasteiger partial charge is 0.258 e. The zero-order chi connectivity index (χ0) is 17.1. The maximum atomic E-state index is 12.7. The SMILES string of the molecule is CC(C)Oc1ccc2c(=O)n(Cc3ccccc3C#N)ccc2c1. The second kappa shape index (κ2) is 6.59. The Bertz CT molecular complexity index is 981. The number of hydrogen-bond donors (Lipinski definition) is 0. The molecular formula is C20H18N2O2. The molecule has 0 saturated heterocycles. The van der Waals surface area contributed by atoms with Crippen LogP contribution in [0, 0.1) is 11.3 Å². The number of ether oxygens (including phenoxy) is 1. The van der Waals surface area contributed by atoms with E-state index < -0.39 is 0 Å². The number of nitriles is 1. The molecule has 1 heterocycles. The molecule has 0 radical (unpaired) electrons. The van der Waals surface area contributed by atoms with Crippen LogP contribution in [0.5, 0.6) is 5.75 Å². The first-order valence-electron chi connectivity index (χ1n) is 7.86. The minimum Gasteiger partial charge on any atom is -0.491 e. The molecule has 0 aliphatic rings. The van der Waals surface area contributed by atoms with Gasteiger partial charge in [-0.15, -0.1) is 0 Å². The van der Waals surface area contributed by atoms with E-state index in [-0.39, 0.29) is 11.7 Å². The predicted octanol–water partition coefficient (Wildman–Crippen LogP) is 3.71. The van der Waals surface area contributed by atoms with Gasteiger partial charge in [-0.2, -0.15) is 5.26 Å². The highest BCUT2D eigenvalue weighted by Gasteiger charge is 2.07. The molecule has 0 N–H and O–H groups in total. The molecule has 3 aromatic rings. The van der Waals surface area contributed by atoms with E-state index >= 15 is 0 Å². The lowest BCUT2D eigenvalue weighted by molar-refractivity contribution is 0.243. The van der Waals surface area contributed by atoms with E-state index in [1.54, 1.807) is 22.9 Å². The van der Waals surface area contributed by atoms with Crippen LogP contribution in [0.4, 0.5) is 0 Å². The Hall–Kier alpha value is -3.06. The number of nitrogens with zero attached hydrogens (tertiary/aromatic N) is 2. The van der Waals surface area contributed by atoms with Gasteiger partial charge in [-0.05, 0) is 55.1 Å². The van der Waals surface area contributed by atoms with Crippen molar-refractivity contribution in [1.82, 2.24) is 4.57 Å². The average Bonchev–Trinajstić information content (AvgIpc) is 2.57. The van der Waals surface area contributed by atoms with E-state index in [0.717, 1.165) is 16.7 Å². The van der Waals surface area contributed by atoms with Crippen molar-refractivity contribution in [3.05, 3.63) is 76.2 Å². The number of pyridine rings is 1. The predicted molar refractivity (Wildman–Crippen MR) is 94.2 cm³/mol. The molecule has 0 spiro atoms. The maximum absolute atomic E-state index is 12.7. The third-order valence-corrected chi connectivity index (χ3v) is 3.80. The molecule has 1 aromatic heterocycles. The van der Waals surface area contributed by atoms with Gasteiger partial charge in [0, 0.05) is 11.6 Å². The molecule has 120 valence electrons. The summed E-state index contributed by atoms with van der Waals surface area (Å²) in [5, 5.41) is 10.7. The third kappa shape index (κ3) is 3.16.